The van der Waals surface area contributed by atoms with E-state index < -0.39 is 5.60 Å². The molecule has 0 unspecified atom stereocenters. The molecule has 1 aromatic heterocycles. The van der Waals surface area contributed by atoms with Crippen LogP contribution >= 0.6 is 0 Å². The first-order valence-electron chi connectivity index (χ1n) is 8.61. The van der Waals surface area contributed by atoms with Gasteiger partial charge in [-0.1, -0.05) is 11.5 Å². The maximum Gasteiger partial charge on any atom is 0.318 e. The van der Waals surface area contributed by atoms with E-state index in [1.807, 2.05) is 4.90 Å². The lowest BCUT2D eigenvalue weighted by Gasteiger charge is -2.49. The minimum Gasteiger partial charge on any atom is -0.408 e. The molecule has 2 atom stereocenters. The lowest BCUT2D eigenvalue weighted by Crippen LogP contribution is -2.60. The number of amides is 1. The first kappa shape index (κ1) is 14.9. The van der Waals surface area contributed by atoms with E-state index in [9.17, 15) is 9.90 Å². The number of hydrogen-bond donors (Lipinski definition) is 1. The average molecular weight is 320 g/mol. The van der Waals surface area contributed by atoms with Crippen molar-refractivity contribution in [3.8, 4) is 0 Å². The smallest absolute Gasteiger partial charge is 0.318 e. The van der Waals surface area contributed by atoms with E-state index in [0.717, 1.165) is 25.3 Å². The number of piperidine rings is 2. The molecule has 0 aromatic carbocycles. The zero-order chi connectivity index (χ0) is 16.0. The van der Waals surface area contributed by atoms with Gasteiger partial charge in [0.05, 0.1) is 5.60 Å². The quantitative estimate of drug-likeness (QED) is 0.880. The summed E-state index contributed by atoms with van der Waals surface area (Å²) in [7, 11) is 0. The fourth-order valence-corrected chi connectivity index (χ4v) is 3.94. The Balaban J connectivity index is 1.47. The summed E-state index contributed by atoms with van der Waals surface area (Å²) in [5.41, 5.74) is -0.667. The molecule has 126 valence electrons. The SMILES string of the molecule is CC(=O)N1CC[C@@]2(O)CCN(c3nnc(C4CCC4)o3)C[C@H]2C1. The summed E-state index contributed by atoms with van der Waals surface area (Å²) in [4.78, 5) is 15.5. The van der Waals surface area contributed by atoms with Crippen LogP contribution in [-0.2, 0) is 4.79 Å². The zero-order valence-corrected chi connectivity index (χ0v) is 13.6. The lowest BCUT2D eigenvalue weighted by atomic mass is 9.76. The van der Waals surface area contributed by atoms with Gasteiger partial charge in [0.1, 0.15) is 0 Å². The second-order valence-electron chi connectivity index (χ2n) is 7.26. The van der Waals surface area contributed by atoms with Gasteiger partial charge in [0.2, 0.25) is 11.8 Å². The van der Waals surface area contributed by atoms with Gasteiger partial charge in [-0.15, -0.1) is 5.10 Å². The van der Waals surface area contributed by atoms with E-state index in [0.29, 0.717) is 44.4 Å². The first-order valence-corrected chi connectivity index (χ1v) is 8.61. The zero-order valence-electron chi connectivity index (χ0n) is 13.6. The molecule has 1 N–H and O–H groups in total. The molecular formula is C16H24N4O3. The summed E-state index contributed by atoms with van der Waals surface area (Å²) in [6.07, 6.45) is 4.85. The lowest BCUT2D eigenvalue weighted by molar-refractivity contribution is -0.139. The van der Waals surface area contributed by atoms with Crippen molar-refractivity contribution in [3.63, 3.8) is 0 Å². The Morgan fingerprint density at radius 3 is 2.74 bits per heavy atom. The van der Waals surface area contributed by atoms with Crippen molar-refractivity contribution in [3.05, 3.63) is 5.89 Å². The van der Waals surface area contributed by atoms with E-state index in [1.165, 1.54) is 6.42 Å². The Morgan fingerprint density at radius 1 is 1.26 bits per heavy atom. The highest BCUT2D eigenvalue weighted by Crippen LogP contribution is 2.39. The van der Waals surface area contributed by atoms with Crippen molar-refractivity contribution in [2.45, 2.75) is 50.5 Å². The van der Waals surface area contributed by atoms with Gasteiger partial charge in [0.15, 0.2) is 0 Å². The highest BCUT2D eigenvalue weighted by Gasteiger charge is 2.46. The van der Waals surface area contributed by atoms with Gasteiger partial charge >= 0.3 is 6.01 Å². The molecule has 1 aromatic rings. The van der Waals surface area contributed by atoms with Crippen LogP contribution in [0.3, 0.4) is 0 Å². The van der Waals surface area contributed by atoms with Gasteiger partial charge in [0.25, 0.3) is 0 Å². The van der Waals surface area contributed by atoms with Gasteiger partial charge in [-0.25, -0.2) is 0 Å². The molecule has 2 saturated heterocycles. The number of fused-ring (bicyclic) bond motifs is 1. The van der Waals surface area contributed by atoms with Gasteiger partial charge in [-0.2, -0.15) is 0 Å². The predicted molar refractivity (Wildman–Crippen MR) is 83.0 cm³/mol. The predicted octanol–water partition coefficient (Wildman–Crippen LogP) is 1.15. The summed E-state index contributed by atoms with van der Waals surface area (Å²) in [5, 5.41) is 19.3. The Kier molecular flexibility index (Phi) is 3.55. The number of anilines is 1. The number of rotatable bonds is 2. The van der Waals surface area contributed by atoms with Crippen LogP contribution in [0.5, 0.6) is 0 Å². The van der Waals surface area contributed by atoms with Crippen molar-refractivity contribution < 1.29 is 14.3 Å². The van der Waals surface area contributed by atoms with E-state index in [4.69, 9.17) is 4.42 Å². The molecule has 1 aliphatic carbocycles. The molecule has 0 bridgehead atoms. The standard InChI is InChI=1S/C16H24N4O3/c1-11(21)19-7-5-16(22)6-8-20(10-13(16)9-19)15-18-17-14(23-15)12-3-2-4-12/h12-13,22H,2-10H2,1H3/t13-,16-/m1/s1. The minimum absolute atomic E-state index is 0.0351. The Labute approximate surface area is 135 Å². The van der Waals surface area contributed by atoms with Crippen molar-refractivity contribution in [1.82, 2.24) is 15.1 Å². The van der Waals surface area contributed by atoms with E-state index in [-0.39, 0.29) is 11.8 Å². The monoisotopic (exact) mass is 320 g/mol. The number of aromatic nitrogens is 2. The molecule has 3 heterocycles. The van der Waals surface area contributed by atoms with Gasteiger partial charge in [-0.05, 0) is 25.7 Å². The van der Waals surface area contributed by atoms with Crippen LogP contribution in [-0.4, -0.2) is 57.9 Å². The molecule has 1 amide bonds. The normalized spacial score (nSPS) is 31.7. The Hall–Kier alpha value is -1.63. The van der Waals surface area contributed by atoms with Crippen LogP contribution in [0.15, 0.2) is 4.42 Å². The fourth-order valence-electron chi connectivity index (χ4n) is 3.94. The molecule has 23 heavy (non-hydrogen) atoms. The van der Waals surface area contributed by atoms with Gasteiger partial charge in [0, 0.05) is 44.9 Å². The van der Waals surface area contributed by atoms with E-state index in [1.54, 1.807) is 6.92 Å². The van der Waals surface area contributed by atoms with Crippen molar-refractivity contribution in [2.75, 3.05) is 31.1 Å². The third-order valence-electron chi connectivity index (χ3n) is 5.87. The molecule has 1 saturated carbocycles. The summed E-state index contributed by atoms with van der Waals surface area (Å²) >= 11 is 0. The number of carbonyl (C=O) groups is 1. The van der Waals surface area contributed by atoms with Crippen molar-refractivity contribution in [2.24, 2.45) is 5.92 Å². The molecule has 3 fully saturated rings. The molecule has 7 heteroatoms. The molecule has 2 aliphatic heterocycles. The fraction of sp³-hybridized carbons (Fsp3) is 0.812. The van der Waals surface area contributed by atoms with Crippen LogP contribution in [0, 0.1) is 5.92 Å². The van der Waals surface area contributed by atoms with Crippen LogP contribution in [0.25, 0.3) is 0 Å². The van der Waals surface area contributed by atoms with Crippen LogP contribution in [0.2, 0.25) is 0 Å². The summed E-state index contributed by atoms with van der Waals surface area (Å²) in [6, 6.07) is 0.564. The van der Waals surface area contributed by atoms with Crippen LogP contribution in [0.4, 0.5) is 6.01 Å². The average Bonchev–Trinajstić information content (AvgIpc) is 2.93. The molecule has 4 rings (SSSR count). The van der Waals surface area contributed by atoms with E-state index in [2.05, 4.69) is 15.1 Å². The maximum absolute atomic E-state index is 11.6. The van der Waals surface area contributed by atoms with Crippen LogP contribution < -0.4 is 4.90 Å². The second-order valence-corrected chi connectivity index (χ2v) is 7.26. The third kappa shape index (κ3) is 2.60. The molecule has 7 nitrogen and oxygen atoms in total. The topological polar surface area (TPSA) is 82.7 Å². The van der Waals surface area contributed by atoms with Crippen LogP contribution in [0.1, 0.15) is 50.8 Å². The molecule has 3 aliphatic rings. The van der Waals surface area contributed by atoms with Gasteiger partial charge < -0.3 is 19.3 Å². The maximum atomic E-state index is 11.6. The number of carbonyl (C=O) groups excluding carboxylic acids is 1. The Morgan fingerprint density at radius 2 is 2.04 bits per heavy atom. The first-order chi connectivity index (χ1) is 11.0. The third-order valence-corrected chi connectivity index (χ3v) is 5.87. The number of nitrogens with zero attached hydrogens (tertiary/aromatic N) is 4. The van der Waals surface area contributed by atoms with Crippen molar-refractivity contribution in [1.29, 1.82) is 0 Å². The summed E-state index contributed by atoms with van der Waals surface area (Å²) in [5.74, 6) is 1.30. The molecule has 0 spiro atoms. The molecular weight excluding hydrogens is 296 g/mol. The Bertz CT molecular complexity index is 600. The summed E-state index contributed by atoms with van der Waals surface area (Å²) < 4.78 is 5.86. The number of aliphatic hydroxyl groups is 1. The number of likely N-dealkylation sites (tertiary alicyclic amines) is 1. The van der Waals surface area contributed by atoms with E-state index >= 15 is 0 Å². The highest BCUT2D eigenvalue weighted by molar-refractivity contribution is 5.73. The second kappa shape index (κ2) is 5.47. The highest BCUT2D eigenvalue weighted by atomic mass is 16.4. The van der Waals surface area contributed by atoms with Gasteiger partial charge in [-0.3, -0.25) is 4.79 Å². The number of hydrogen-bond acceptors (Lipinski definition) is 6. The summed E-state index contributed by atoms with van der Waals surface area (Å²) in [6.45, 7) is 4.22. The minimum atomic E-state index is -0.667. The van der Waals surface area contributed by atoms with Crippen molar-refractivity contribution >= 4 is 11.9 Å². The largest absolute Gasteiger partial charge is 0.408 e. The molecule has 0 radical (unpaired) electrons.